The third-order valence-electron chi connectivity index (χ3n) is 4.51. The fraction of sp³-hybridized carbons (Fsp3) is 0.100. The molecule has 2 heterocycles. The number of carbonyl (C=O) groups is 1. The lowest BCUT2D eigenvalue weighted by Crippen LogP contribution is -2.38. The molecule has 4 nitrogen and oxygen atoms in total. The number of rotatable bonds is 3. The van der Waals surface area contributed by atoms with E-state index in [1.807, 2.05) is 0 Å². The minimum Gasteiger partial charge on any atom is -0.545 e. The summed E-state index contributed by atoms with van der Waals surface area (Å²) >= 11 is 13.9. The van der Waals surface area contributed by atoms with Gasteiger partial charge in [0.2, 0.25) is 0 Å². The topological polar surface area (TPSA) is 55.7 Å². The molecule has 0 radical (unpaired) electrons. The van der Waals surface area contributed by atoms with E-state index in [9.17, 15) is 14.3 Å². The maximum absolute atomic E-state index is 14.6. The zero-order valence-corrected chi connectivity index (χ0v) is 16.8. The van der Waals surface area contributed by atoms with Crippen LogP contribution in [0.4, 0.5) is 4.39 Å². The number of allylic oxidation sites excluding steroid dienone is 1. The number of hydrogen-bond donors (Lipinski definition) is 0. The Labute approximate surface area is 175 Å². The van der Waals surface area contributed by atoms with Gasteiger partial charge in [-0.05, 0) is 36.9 Å². The van der Waals surface area contributed by atoms with Crippen LogP contribution >= 0.6 is 35.0 Å². The molecular weight excluding hydrogens is 422 g/mol. The molecule has 2 aliphatic rings. The van der Waals surface area contributed by atoms with Gasteiger partial charge in [-0.15, -0.1) is 0 Å². The first-order valence-electron chi connectivity index (χ1n) is 8.26. The van der Waals surface area contributed by atoms with Crippen molar-refractivity contribution in [1.29, 1.82) is 0 Å². The zero-order chi connectivity index (χ0) is 20.0. The van der Waals surface area contributed by atoms with Crippen LogP contribution in [0.5, 0.6) is 0 Å². The Morgan fingerprint density at radius 3 is 2.50 bits per heavy atom. The summed E-state index contributed by atoms with van der Waals surface area (Å²) in [6, 6.07) is 10.3. The van der Waals surface area contributed by atoms with E-state index in [1.165, 1.54) is 17.8 Å². The molecule has 0 amide bonds. The molecule has 0 bridgehead atoms. The van der Waals surface area contributed by atoms with E-state index < -0.39 is 17.8 Å². The number of carbonyl (C=O) groups excluding carboxylic acids is 1. The Bertz CT molecular complexity index is 1080. The van der Waals surface area contributed by atoms with Gasteiger partial charge in [-0.3, -0.25) is 0 Å². The summed E-state index contributed by atoms with van der Waals surface area (Å²) in [5.41, 5.74) is 1.02. The normalized spacial score (nSPS) is 18.7. The smallest absolute Gasteiger partial charge is 0.173 e. The Morgan fingerprint density at radius 2 is 1.86 bits per heavy atom. The molecule has 2 aromatic carbocycles. The van der Waals surface area contributed by atoms with Crippen molar-refractivity contribution in [3.63, 3.8) is 0 Å². The highest BCUT2D eigenvalue weighted by Crippen LogP contribution is 2.48. The largest absolute Gasteiger partial charge is 0.545 e. The highest BCUT2D eigenvalue weighted by molar-refractivity contribution is 8.22. The molecule has 0 fully saturated rings. The first-order chi connectivity index (χ1) is 13.4. The van der Waals surface area contributed by atoms with Gasteiger partial charge in [-0.1, -0.05) is 47.5 Å². The standard InChI is InChI=1S/C20H13Cl2FN2O2S/c1-10-16(19(26)27)18(11-5-2-3-8-14(11)23)25-9-15(28-20(25)24-10)17-12(21)6-4-7-13(17)22/h2-9,18H,1H3,(H,26,27)/p-1. The highest BCUT2D eigenvalue weighted by atomic mass is 35.5. The van der Waals surface area contributed by atoms with Crippen LogP contribution in [0, 0.1) is 5.82 Å². The van der Waals surface area contributed by atoms with Gasteiger partial charge in [-0.25, -0.2) is 9.38 Å². The van der Waals surface area contributed by atoms with Crippen LogP contribution < -0.4 is 5.11 Å². The molecule has 0 saturated carbocycles. The summed E-state index contributed by atoms with van der Waals surface area (Å²) in [5, 5.41) is 13.3. The van der Waals surface area contributed by atoms with Crippen LogP contribution in [0.2, 0.25) is 10.0 Å². The van der Waals surface area contributed by atoms with Crippen molar-refractivity contribution in [2.45, 2.75) is 13.0 Å². The van der Waals surface area contributed by atoms with Gasteiger partial charge in [-0.2, -0.15) is 0 Å². The lowest BCUT2D eigenvalue weighted by molar-refractivity contribution is -0.300. The molecular formula is C20H12Cl2FN2O2S-. The third kappa shape index (κ3) is 3.11. The Kier molecular flexibility index (Phi) is 4.95. The number of thioether (sulfide) groups is 1. The molecule has 0 saturated heterocycles. The van der Waals surface area contributed by atoms with Crippen LogP contribution in [-0.4, -0.2) is 16.0 Å². The van der Waals surface area contributed by atoms with E-state index in [4.69, 9.17) is 23.2 Å². The molecule has 0 spiro atoms. The van der Waals surface area contributed by atoms with Crippen molar-refractivity contribution < 1.29 is 14.3 Å². The van der Waals surface area contributed by atoms with Gasteiger partial charge in [0.1, 0.15) is 5.82 Å². The zero-order valence-electron chi connectivity index (χ0n) is 14.4. The average molecular weight is 434 g/mol. The molecule has 2 aliphatic heterocycles. The van der Waals surface area contributed by atoms with Gasteiger partial charge in [0.05, 0.1) is 22.1 Å². The predicted octanol–water partition coefficient (Wildman–Crippen LogP) is 4.61. The van der Waals surface area contributed by atoms with Crippen molar-refractivity contribution in [2.75, 3.05) is 0 Å². The summed E-state index contributed by atoms with van der Waals surface area (Å²) < 4.78 is 14.6. The number of fused-ring (bicyclic) bond motifs is 1. The molecule has 1 unspecified atom stereocenters. The van der Waals surface area contributed by atoms with Crippen molar-refractivity contribution >= 4 is 51.0 Å². The predicted molar refractivity (Wildman–Crippen MR) is 108 cm³/mol. The number of benzene rings is 2. The molecule has 142 valence electrons. The Morgan fingerprint density at radius 1 is 1.18 bits per heavy atom. The molecule has 0 N–H and O–H groups in total. The number of hydrogen-bond acceptors (Lipinski definition) is 5. The maximum atomic E-state index is 14.6. The molecule has 8 heteroatoms. The van der Waals surface area contributed by atoms with Gasteiger partial charge in [0, 0.05) is 33.5 Å². The van der Waals surface area contributed by atoms with Gasteiger partial charge in [0.15, 0.2) is 5.17 Å². The second-order valence-corrected chi connectivity index (χ2v) is 8.03. The second kappa shape index (κ2) is 7.28. The van der Waals surface area contributed by atoms with Gasteiger partial charge >= 0.3 is 0 Å². The Balaban J connectivity index is 1.89. The number of halogens is 3. The summed E-state index contributed by atoms with van der Waals surface area (Å²) in [6.45, 7) is 1.57. The first kappa shape index (κ1) is 19.1. The second-order valence-electron chi connectivity index (χ2n) is 6.20. The van der Waals surface area contributed by atoms with Crippen molar-refractivity contribution in [3.8, 4) is 0 Å². The maximum Gasteiger partial charge on any atom is 0.173 e. The average Bonchev–Trinajstić information content (AvgIpc) is 3.03. The minimum atomic E-state index is -1.39. The number of carboxylic acid groups (broad SMARTS) is 1. The van der Waals surface area contributed by atoms with Crippen molar-refractivity contribution in [1.82, 2.24) is 4.90 Å². The minimum absolute atomic E-state index is 0.0859. The number of aliphatic carboxylic acids is 1. The van der Waals surface area contributed by atoms with E-state index in [-0.39, 0.29) is 16.8 Å². The molecule has 0 aromatic heterocycles. The van der Waals surface area contributed by atoms with E-state index in [0.717, 1.165) is 0 Å². The molecule has 0 aliphatic carbocycles. The fourth-order valence-corrected chi connectivity index (χ4v) is 5.12. The van der Waals surface area contributed by atoms with Crippen molar-refractivity contribution in [2.24, 2.45) is 4.99 Å². The third-order valence-corrected chi connectivity index (χ3v) is 6.16. The summed E-state index contributed by atoms with van der Waals surface area (Å²) in [6.07, 6.45) is 1.70. The Hall–Kier alpha value is -2.28. The van der Waals surface area contributed by atoms with Crippen LogP contribution in [0.15, 0.2) is 64.9 Å². The number of nitrogens with zero attached hydrogens (tertiary/aromatic N) is 2. The SMILES string of the molecule is CC1=C(C(=O)[O-])C(c2ccccc2F)N2C=C(c3c(Cl)cccc3Cl)SC2=N1. The van der Waals surface area contributed by atoms with E-state index in [0.29, 0.717) is 25.7 Å². The lowest BCUT2D eigenvalue weighted by Gasteiger charge is -2.34. The van der Waals surface area contributed by atoms with Crippen LogP contribution in [0.25, 0.3) is 4.91 Å². The van der Waals surface area contributed by atoms with E-state index in [2.05, 4.69) is 4.99 Å². The first-order valence-corrected chi connectivity index (χ1v) is 9.83. The molecule has 4 rings (SSSR count). The fourth-order valence-electron chi connectivity index (χ4n) is 3.28. The van der Waals surface area contributed by atoms with E-state index in [1.54, 1.807) is 54.4 Å². The highest BCUT2D eigenvalue weighted by Gasteiger charge is 2.38. The summed E-state index contributed by atoms with van der Waals surface area (Å²) in [5.74, 6) is -1.90. The summed E-state index contributed by atoms with van der Waals surface area (Å²) in [7, 11) is 0. The van der Waals surface area contributed by atoms with Gasteiger partial charge in [0.25, 0.3) is 0 Å². The quantitative estimate of drug-likeness (QED) is 0.708. The van der Waals surface area contributed by atoms with Gasteiger partial charge < -0.3 is 14.8 Å². The van der Waals surface area contributed by atoms with Crippen LogP contribution in [-0.2, 0) is 4.79 Å². The molecule has 28 heavy (non-hydrogen) atoms. The lowest BCUT2D eigenvalue weighted by atomic mass is 9.94. The number of amidine groups is 1. The van der Waals surface area contributed by atoms with Crippen LogP contribution in [0.3, 0.4) is 0 Å². The number of aliphatic imine (C=N–C) groups is 1. The van der Waals surface area contributed by atoms with E-state index >= 15 is 0 Å². The molecule has 2 aromatic rings. The summed E-state index contributed by atoms with van der Waals surface area (Å²) in [4.78, 5) is 18.6. The monoisotopic (exact) mass is 433 g/mol. The molecule has 1 atom stereocenters. The number of carboxylic acids is 1. The van der Waals surface area contributed by atoms with Crippen molar-refractivity contribution in [3.05, 3.63) is 86.9 Å². The van der Waals surface area contributed by atoms with Crippen LogP contribution in [0.1, 0.15) is 24.1 Å².